The van der Waals surface area contributed by atoms with Gasteiger partial charge >= 0.3 is 0 Å². The third kappa shape index (κ3) is 1.65. The molecule has 0 aliphatic carbocycles. The summed E-state index contributed by atoms with van der Waals surface area (Å²) in [5, 5.41) is 0. The van der Waals surface area contributed by atoms with E-state index in [2.05, 4.69) is 43.3 Å². The number of hydrogen-bond donors (Lipinski definition) is 0. The van der Waals surface area contributed by atoms with E-state index in [-0.39, 0.29) is 0 Å². The van der Waals surface area contributed by atoms with Crippen LogP contribution in [-0.4, -0.2) is 11.0 Å². The molecule has 80 valence electrons. The lowest BCUT2D eigenvalue weighted by Crippen LogP contribution is -2.36. The average molecular weight is 202 g/mol. The van der Waals surface area contributed by atoms with E-state index in [1.807, 2.05) is 12.4 Å². The van der Waals surface area contributed by atoms with E-state index in [9.17, 15) is 0 Å². The van der Waals surface area contributed by atoms with Gasteiger partial charge in [-0.25, -0.2) is 0 Å². The van der Waals surface area contributed by atoms with Gasteiger partial charge < -0.3 is 4.90 Å². The number of aromatic nitrogens is 1. The normalized spacial score (nSPS) is 20.7. The maximum Gasteiger partial charge on any atom is 0.0629 e. The highest BCUT2D eigenvalue weighted by Gasteiger charge is 2.26. The third-order valence-corrected chi connectivity index (χ3v) is 3.07. The van der Waals surface area contributed by atoms with Gasteiger partial charge in [0.25, 0.3) is 0 Å². The maximum absolute atomic E-state index is 4.21. The molecule has 0 bridgehead atoms. The second-order valence-electron chi connectivity index (χ2n) is 4.56. The molecule has 0 fully saturated rings. The van der Waals surface area contributed by atoms with Gasteiger partial charge in [-0.1, -0.05) is 13.5 Å². The maximum atomic E-state index is 4.21. The van der Waals surface area contributed by atoms with Gasteiger partial charge in [0.2, 0.25) is 0 Å². The van der Waals surface area contributed by atoms with Crippen molar-refractivity contribution >= 4 is 5.69 Å². The Morgan fingerprint density at radius 3 is 2.93 bits per heavy atom. The monoisotopic (exact) mass is 202 g/mol. The fourth-order valence-corrected chi connectivity index (χ4v) is 2.25. The number of pyridine rings is 1. The zero-order valence-corrected chi connectivity index (χ0v) is 9.70. The Hall–Kier alpha value is -1.31. The zero-order valence-electron chi connectivity index (χ0n) is 9.70. The van der Waals surface area contributed by atoms with Crippen molar-refractivity contribution in [3.05, 3.63) is 36.3 Å². The molecule has 2 nitrogen and oxygen atoms in total. The fraction of sp³-hybridized carbons (Fsp3) is 0.462. The summed E-state index contributed by atoms with van der Waals surface area (Å²) in [5.41, 5.74) is 3.83. The molecule has 0 saturated carbocycles. The number of rotatable bonds is 1. The van der Waals surface area contributed by atoms with Gasteiger partial charge in [0.15, 0.2) is 0 Å². The topological polar surface area (TPSA) is 16.1 Å². The minimum Gasteiger partial charge on any atom is -0.341 e. The average Bonchev–Trinajstić information content (AvgIpc) is 2.19. The summed E-state index contributed by atoms with van der Waals surface area (Å²) < 4.78 is 0. The van der Waals surface area contributed by atoms with Crippen molar-refractivity contribution in [2.45, 2.75) is 33.2 Å². The van der Waals surface area contributed by atoms with Crippen LogP contribution < -0.4 is 4.90 Å². The molecule has 2 heterocycles. The summed E-state index contributed by atoms with van der Waals surface area (Å²) >= 11 is 0. The van der Waals surface area contributed by atoms with Gasteiger partial charge in [-0.3, -0.25) is 4.98 Å². The molecule has 1 aliphatic rings. The molecule has 0 N–H and O–H groups in total. The Balaban J connectivity index is 2.49. The fourth-order valence-electron chi connectivity index (χ4n) is 2.25. The van der Waals surface area contributed by atoms with E-state index in [0.29, 0.717) is 12.0 Å². The predicted octanol–water partition coefficient (Wildman–Crippen LogP) is 3.00. The minimum absolute atomic E-state index is 0.447. The molecule has 0 aromatic carbocycles. The SMILES string of the molecule is C=C1C(C)Cc2ccncc2N1C(C)C. The molecule has 1 aromatic rings. The largest absolute Gasteiger partial charge is 0.341 e. The smallest absolute Gasteiger partial charge is 0.0629 e. The zero-order chi connectivity index (χ0) is 11.0. The van der Waals surface area contributed by atoms with Crippen LogP contribution in [0, 0.1) is 5.92 Å². The molecule has 1 atom stereocenters. The van der Waals surface area contributed by atoms with Gasteiger partial charge in [0.05, 0.1) is 11.9 Å². The Morgan fingerprint density at radius 2 is 2.27 bits per heavy atom. The first-order valence-corrected chi connectivity index (χ1v) is 5.52. The summed E-state index contributed by atoms with van der Waals surface area (Å²) in [6.07, 6.45) is 4.91. The van der Waals surface area contributed by atoms with Crippen LogP contribution in [0.5, 0.6) is 0 Å². The Morgan fingerprint density at radius 1 is 1.53 bits per heavy atom. The molecule has 15 heavy (non-hydrogen) atoms. The summed E-state index contributed by atoms with van der Waals surface area (Å²) in [6, 6.07) is 2.57. The number of anilines is 1. The Kier molecular flexibility index (Phi) is 2.51. The molecule has 1 unspecified atom stereocenters. The first-order valence-electron chi connectivity index (χ1n) is 5.52. The molecule has 2 heteroatoms. The Labute approximate surface area is 91.6 Å². The van der Waals surface area contributed by atoms with Crippen LogP contribution in [-0.2, 0) is 6.42 Å². The lowest BCUT2D eigenvalue weighted by molar-refractivity contribution is 0.583. The minimum atomic E-state index is 0.447. The second-order valence-corrected chi connectivity index (χ2v) is 4.56. The van der Waals surface area contributed by atoms with Crippen molar-refractivity contribution in [2.24, 2.45) is 5.92 Å². The summed E-state index contributed by atoms with van der Waals surface area (Å²) in [5.74, 6) is 0.530. The van der Waals surface area contributed by atoms with Gasteiger partial charge in [-0.05, 0) is 37.8 Å². The molecule has 1 aliphatic heterocycles. The number of nitrogens with zero attached hydrogens (tertiary/aromatic N) is 2. The summed E-state index contributed by atoms with van der Waals surface area (Å²) in [4.78, 5) is 6.51. The van der Waals surface area contributed by atoms with E-state index in [1.165, 1.54) is 16.9 Å². The van der Waals surface area contributed by atoms with Crippen LogP contribution in [0.3, 0.4) is 0 Å². The first kappa shape index (κ1) is 10.2. The van der Waals surface area contributed by atoms with Crippen molar-refractivity contribution in [1.29, 1.82) is 0 Å². The highest BCUT2D eigenvalue weighted by atomic mass is 15.2. The van der Waals surface area contributed by atoms with Gasteiger partial charge in [0, 0.05) is 17.9 Å². The number of allylic oxidation sites excluding steroid dienone is 1. The van der Waals surface area contributed by atoms with E-state index < -0.39 is 0 Å². The van der Waals surface area contributed by atoms with Gasteiger partial charge in [0.1, 0.15) is 0 Å². The molecule has 1 aromatic heterocycles. The van der Waals surface area contributed by atoms with Crippen molar-refractivity contribution < 1.29 is 0 Å². The van der Waals surface area contributed by atoms with E-state index >= 15 is 0 Å². The van der Waals surface area contributed by atoms with Crippen LogP contribution in [0.4, 0.5) is 5.69 Å². The van der Waals surface area contributed by atoms with Crippen molar-refractivity contribution in [1.82, 2.24) is 4.98 Å². The lowest BCUT2D eigenvalue weighted by Gasteiger charge is -2.39. The Bertz CT molecular complexity index is 382. The molecule has 0 spiro atoms. The van der Waals surface area contributed by atoms with Crippen molar-refractivity contribution in [2.75, 3.05) is 4.90 Å². The van der Waals surface area contributed by atoms with Crippen LogP contribution in [0.25, 0.3) is 0 Å². The van der Waals surface area contributed by atoms with Gasteiger partial charge in [-0.2, -0.15) is 0 Å². The number of hydrogen-bond acceptors (Lipinski definition) is 2. The number of fused-ring (bicyclic) bond motifs is 1. The molecule has 0 amide bonds. The quantitative estimate of drug-likeness (QED) is 0.696. The van der Waals surface area contributed by atoms with Gasteiger partial charge in [-0.15, -0.1) is 0 Å². The lowest BCUT2D eigenvalue weighted by atomic mass is 9.91. The molecular weight excluding hydrogens is 184 g/mol. The standard InChI is InChI=1S/C13H18N2/c1-9(2)15-11(4)10(3)7-12-5-6-14-8-13(12)15/h5-6,8-10H,4,7H2,1-3H3. The van der Waals surface area contributed by atoms with Crippen LogP contribution in [0.2, 0.25) is 0 Å². The molecular formula is C13H18N2. The highest BCUT2D eigenvalue weighted by Crippen LogP contribution is 2.35. The summed E-state index contributed by atoms with van der Waals surface area (Å²) in [6.45, 7) is 10.8. The van der Waals surface area contributed by atoms with Crippen molar-refractivity contribution in [3.63, 3.8) is 0 Å². The summed E-state index contributed by atoms with van der Waals surface area (Å²) in [7, 11) is 0. The second kappa shape index (κ2) is 3.69. The molecule has 0 saturated heterocycles. The molecule has 2 rings (SSSR count). The third-order valence-electron chi connectivity index (χ3n) is 3.07. The van der Waals surface area contributed by atoms with Crippen LogP contribution >= 0.6 is 0 Å². The van der Waals surface area contributed by atoms with Crippen molar-refractivity contribution in [3.8, 4) is 0 Å². The highest BCUT2D eigenvalue weighted by molar-refractivity contribution is 5.60. The molecule has 0 radical (unpaired) electrons. The predicted molar refractivity (Wildman–Crippen MR) is 63.9 cm³/mol. The van der Waals surface area contributed by atoms with Crippen LogP contribution in [0.15, 0.2) is 30.7 Å². The van der Waals surface area contributed by atoms with E-state index in [0.717, 1.165) is 6.42 Å². The van der Waals surface area contributed by atoms with Crippen LogP contribution in [0.1, 0.15) is 26.3 Å². The van der Waals surface area contributed by atoms with E-state index in [4.69, 9.17) is 0 Å². The van der Waals surface area contributed by atoms with E-state index in [1.54, 1.807) is 0 Å². The first-order chi connectivity index (χ1) is 7.11.